The van der Waals surface area contributed by atoms with E-state index in [4.69, 9.17) is 0 Å². The van der Waals surface area contributed by atoms with Crippen LogP contribution in [0.3, 0.4) is 0 Å². The lowest BCUT2D eigenvalue weighted by atomic mass is 10.1. The molecule has 2 aliphatic rings. The van der Waals surface area contributed by atoms with Crippen LogP contribution < -0.4 is 5.32 Å². The molecule has 0 radical (unpaired) electrons. The Kier molecular flexibility index (Phi) is 1.60. The van der Waals surface area contributed by atoms with Gasteiger partial charge in [-0.05, 0) is 19.4 Å². The van der Waals surface area contributed by atoms with Crippen molar-refractivity contribution in [3.05, 3.63) is 0 Å². The number of carbonyl (C=O) groups excluding carboxylic acids is 1. The summed E-state index contributed by atoms with van der Waals surface area (Å²) >= 11 is 0. The van der Waals surface area contributed by atoms with Crippen LogP contribution in [0.15, 0.2) is 0 Å². The topological polar surface area (TPSA) is 32.3 Å². The van der Waals surface area contributed by atoms with Gasteiger partial charge < -0.3 is 10.2 Å². The highest BCUT2D eigenvalue weighted by Gasteiger charge is 2.38. The van der Waals surface area contributed by atoms with E-state index in [1.165, 1.54) is 0 Å². The van der Waals surface area contributed by atoms with Gasteiger partial charge in [0.1, 0.15) is 0 Å². The Balaban J connectivity index is 2.08. The van der Waals surface area contributed by atoms with Gasteiger partial charge in [-0.25, -0.2) is 0 Å². The zero-order valence-corrected chi connectivity index (χ0v) is 6.84. The van der Waals surface area contributed by atoms with Gasteiger partial charge in [0.15, 0.2) is 0 Å². The molecule has 2 rings (SSSR count). The molecular weight excluding hydrogens is 140 g/mol. The van der Waals surface area contributed by atoms with Gasteiger partial charge in [-0.1, -0.05) is 0 Å². The first-order valence-electron chi connectivity index (χ1n) is 4.29. The van der Waals surface area contributed by atoms with Crippen molar-refractivity contribution in [1.29, 1.82) is 0 Å². The molecule has 0 saturated carbocycles. The molecule has 3 heteroatoms. The van der Waals surface area contributed by atoms with Crippen molar-refractivity contribution in [1.82, 2.24) is 10.2 Å². The molecule has 1 amide bonds. The molecule has 0 unspecified atom stereocenters. The van der Waals surface area contributed by atoms with E-state index < -0.39 is 0 Å². The van der Waals surface area contributed by atoms with Crippen LogP contribution in [0.2, 0.25) is 0 Å². The Hall–Kier alpha value is -0.570. The second kappa shape index (κ2) is 2.48. The molecule has 0 aliphatic carbocycles. The van der Waals surface area contributed by atoms with Crippen molar-refractivity contribution in [3.8, 4) is 0 Å². The summed E-state index contributed by atoms with van der Waals surface area (Å²) in [7, 11) is 0. The van der Waals surface area contributed by atoms with E-state index in [0.717, 1.165) is 25.9 Å². The molecule has 1 N–H and O–H groups in total. The highest BCUT2D eigenvalue weighted by molar-refractivity contribution is 5.74. The van der Waals surface area contributed by atoms with Crippen molar-refractivity contribution in [3.63, 3.8) is 0 Å². The van der Waals surface area contributed by atoms with Gasteiger partial charge >= 0.3 is 0 Å². The van der Waals surface area contributed by atoms with Crippen molar-refractivity contribution in [2.75, 3.05) is 13.1 Å². The minimum Gasteiger partial charge on any atom is -0.338 e. The predicted octanol–water partition coefficient (Wildman–Crippen LogP) is -0.0309. The van der Waals surface area contributed by atoms with E-state index in [0.29, 0.717) is 12.1 Å². The molecule has 11 heavy (non-hydrogen) atoms. The SMILES string of the molecule is CC(=O)N1CC[C@H]2NCC[C@H]21. The Morgan fingerprint density at radius 3 is 3.09 bits per heavy atom. The summed E-state index contributed by atoms with van der Waals surface area (Å²) in [6.45, 7) is 3.71. The van der Waals surface area contributed by atoms with Gasteiger partial charge in [-0.3, -0.25) is 4.79 Å². The maximum atomic E-state index is 11.1. The summed E-state index contributed by atoms with van der Waals surface area (Å²) in [4.78, 5) is 13.1. The zero-order valence-electron chi connectivity index (χ0n) is 6.84. The van der Waals surface area contributed by atoms with Crippen molar-refractivity contribution >= 4 is 5.91 Å². The molecule has 0 aromatic rings. The third kappa shape index (κ3) is 1.03. The van der Waals surface area contributed by atoms with E-state index in [1.807, 2.05) is 4.90 Å². The largest absolute Gasteiger partial charge is 0.338 e. The van der Waals surface area contributed by atoms with Crippen molar-refractivity contribution in [2.45, 2.75) is 31.8 Å². The zero-order chi connectivity index (χ0) is 7.84. The van der Waals surface area contributed by atoms with Crippen LogP contribution in [0.1, 0.15) is 19.8 Å². The van der Waals surface area contributed by atoms with Crippen molar-refractivity contribution in [2.24, 2.45) is 0 Å². The summed E-state index contributed by atoms with van der Waals surface area (Å²) < 4.78 is 0. The molecule has 3 nitrogen and oxygen atoms in total. The van der Waals surface area contributed by atoms with Crippen LogP contribution in [0.5, 0.6) is 0 Å². The molecule has 0 aromatic carbocycles. The van der Waals surface area contributed by atoms with Crippen LogP contribution in [0, 0.1) is 0 Å². The fourth-order valence-electron chi connectivity index (χ4n) is 2.26. The molecule has 62 valence electrons. The van der Waals surface area contributed by atoms with Crippen LogP contribution in [-0.2, 0) is 4.79 Å². The molecule has 2 saturated heterocycles. The minimum absolute atomic E-state index is 0.237. The highest BCUT2D eigenvalue weighted by Crippen LogP contribution is 2.24. The average Bonchev–Trinajstić information content (AvgIpc) is 2.41. The fraction of sp³-hybridized carbons (Fsp3) is 0.875. The number of nitrogens with one attached hydrogen (secondary N) is 1. The first-order chi connectivity index (χ1) is 5.29. The summed E-state index contributed by atoms with van der Waals surface area (Å²) in [5, 5.41) is 3.41. The van der Waals surface area contributed by atoms with Crippen LogP contribution >= 0.6 is 0 Å². The molecule has 2 heterocycles. The summed E-state index contributed by atoms with van der Waals surface area (Å²) in [5.41, 5.74) is 0. The van der Waals surface area contributed by atoms with Crippen LogP contribution in [-0.4, -0.2) is 36.0 Å². The van der Waals surface area contributed by atoms with Gasteiger partial charge in [-0.2, -0.15) is 0 Å². The Morgan fingerprint density at radius 1 is 1.55 bits per heavy atom. The molecule has 2 atom stereocenters. The number of hydrogen-bond acceptors (Lipinski definition) is 2. The molecule has 2 fully saturated rings. The lowest BCUT2D eigenvalue weighted by Crippen LogP contribution is -2.37. The third-order valence-corrected chi connectivity index (χ3v) is 2.80. The Morgan fingerprint density at radius 2 is 2.36 bits per heavy atom. The van der Waals surface area contributed by atoms with Gasteiger partial charge in [0.25, 0.3) is 0 Å². The number of rotatable bonds is 0. The molecule has 0 bridgehead atoms. The van der Waals surface area contributed by atoms with Gasteiger partial charge in [-0.15, -0.1) is 0 Å². The van der Waals surface area contributed by atoms with Crippen LogP contribution in [0.25, 0.3) is 0 Å². The van der Waals surface area contributed by atoms with Gasteiger partial charge in [0.05, 0.1) is 0 Å². The summed E-state index contributed by atoms with van der Waals surface area (Å²) in [6.07, 6.45) is 2.29. The van der Waals surface area contributed by atoms with E-state index in [1.54, 1.807) is 6.92 Å². The van der Waals surface area contributed by atoms with Gasteiger partial charge in [0, 0.05) is 25.6 Å². The number of fused-ring (bicyclic) bond motifs is 1. The second-order valence-electron chi connectivity index (χ2n) is 3.42. The molecule has 0 spiro atoms. The third-order valence-electron chi connectivity index (χ3n) is 2.80. The number of likely N-dealkylation sites (tertiary alicyclic amines) is 1. The molecule has 0 aromatic heterocycles. The normalized spacial score (nSPS) is 35.9. The number of nitrogens with zero attached hydrogens (tertiary/aromatic N) is 1. The lowest BCUT2D eigenvalue weighted by molar-refractivity contribution is -0.129. The van der Waals surface area contributed by atoms with E-state index in [2.05, 4.69) is 5.32 Å². The van der Waals surface area contributed by atoms with Gasteiger partial charge in [0.2, 0.25) is 5.91 Å². The molecule has 2 aliphatic heterocycles. The highest BCUT2D eigenvalue weighted by atomic mass is 16.2. The first-order valence-corrected chi connectivity index (χ1v) is 4.29. The van der Waals surface area contributed by atoms with Crippen molar-refractivity contribution < 1.29 is 4.79 Å². The smallest absolute Gasteiger partial charge is 0.219 e. The molecular formula is C8H14N2O. The average molecular weight is 154 g/mol. The monoisotopic (exact) mass is 154 g/mol. The predicted molar refractivity (Wildman–Crippen MR) is 42.2 cm³/mol. The Bertz CT molecular complexity index is 181. The Labute approximate surface area is 66.8 Å². The van der Waals surface area contributed by atoms with Crippen LogP contribution in [0.4, 0.5) is 0 Å². The quantitative estimate of drug-likeness (QED) is 0.531. The number of hydrogen-bond donors (Lipinski definition) is 1. The first kappa shape index (κ1) is 7.10. The minimum atomic E-state index is 0.237. The summed E-state index contributed by atoms with van der Waals surface area (Å²) in [5.74, 6) is 0.237. The maximum Gasteiger partial charge on any atom is 0.219 e. The number of amides is 1. The van der Waals surface area contributed by atoms with E-state index in [9.17, 15) is 4.79 Å². The van der Waals surface area contributed by atoms with E-state index >= 15 is 0 Å². The maximum absolute atomic E-state index is 11.1. The summed E-state index contributed by atoms with van der Waals surface area (Å²) in [6, 6.07) is 1.10. The number of carbonyl (C=O) groups is 1. The second-order valence-corrected chi connectivity index (χ2v) is 3.42. The van der Waals surface area contributed by atoms with E-state index in [-0.39, 0.29) is 5.91 Å². The fourth-order valence-corrected chi connectivity index (χ4v) is 2.26. The standard InChI is InChI=1S/C8H14N2O/c1-6(11)10-5-3-7-8(10)2-4-9-7/h7-9H,2-5H2,1H3/t7-,8-/m1/s1. The lowest BCUT2D eigenvalue weighted by Gasteiger charge is -2.21.